The van der Waals surface area contributed by atoms with Gasteiger partial charge in [-0.25, -0.2) is 4.39 Å². The number of fused-ring (bicyclic) bond motifs is 1. The Balaban J connectivity index is 1.86. The van der Waals surface area contributed by atoms with Crippen LogP contribution in [0.4, 0.5) is 10.1 Å². The maximum Gasteiger partial charge on any atom is 0.237 e. The Bertz CT molecular complexity index is 792. The Labute approximate surface area is 138 Å². The predicted molar refractivity (Wildman–Crippen MR) is 89.1 cm³/mol. The molecule has 1 atom stereocenters. The first-order valence-electron chi connectivity index (χ1n) is 7.26. The molecule has 3 rings (SSSR count). The minimum absolute atomic E-state index is 0.0339. The average Bonchev–Trinajstić information content (AvgIpc) is 2.72. The number of nitrogens with zero attached hydrogens (tertiary/aromatic N) is 1. The molecule has 2 aromatic carbocycles. The van der Waals surface area contributed by atoms with Crippen LogP contribution >= 0.6 is 11.8 Å². The Hall–Kier alpha value is -2.14. The summed E-state index contributed by atoms with van der Waals surface area (Å²) < 4.78 is 13.7. The lowest BCUT2D eigenvalue weighted by Gasteiger charge is -2.22. The second-order valence-corrected chi connectivity index (χ2v) is 6.89. The fraction of sp³-hybridized carbons (Fsp3) is 0.222. The zero-order valence-corrected chi connectivity index (χ0v) is 13.7. The maximum atomic E-state index is 13.7. The van der Waals surface area contributed by atoms with Crippen molar-refractivity contribution >= 4 is 28.5 Å². The summed E-state index contributed by atoms with van der Waals surface area (Å²) >= 11 is 0.849. The minimum atomic E-state index is -0.902. The van der Waals surface area contributed by atoms with Crippen LogP contribution in [0.15, 0.2) is 53.4 Å². The average molecular weight is 329 g/mol. The van der Waals surface area contributed by atoms with E-state index in [1.807, 2.05) is 24.3 Å². The summed E-state index contributed by atoms with van der Waals surface area (Å²) in [4.78, 5) is 26.9. The highest BCUT2D eigenvalue weighted by Gasteiger charge is 2.47. The zero-order chi connectivity index (χ0) is 16.6. The molecule has 1 aliphatic heterocycles. The van der Waals surface area contributed by atoms with Crippen molar-refractivity contribution in [3.63, 3.8) is 0 Å². The van der Waals surface area contributed by atoms with Crippen LogP contribution in [0.2, 0.25) is 0 Å². The van der Waals surface area contributed by atoms with E-state index in [1.54, 1.807) is 37.1 Å². The van der Waals surface area contributed by atoms with Gasteiger partial charge in [0, 0.05) is 19.2 Å². The third-order valence-corrected chi connectivity index (χ3v) is 5.12. The van der Waals surface area contributed by atoms with Gasteiger partial charge in [-0.15, -0.1) is 0 Å². The molecular formula is C18H16FNO2S. The van der Waals surface area contributed by atoms with E-state index in [-0.39, 0.29) is 22.3 Å². The molecule has 2 aromatic rings. The monoisotopic (exact) mass is 329 g/mol. The van der Waals surface area contributed by atoms with Gasteiger partial charge in [0.2, 0.25) is 5.91 Å². The van der Waals surface area contributed by atoms with E-state index in [2.05, 4.69) is 0 Å². The van der Waals surface area contributed by atoms with Crippen molar-refractivity contribution in [2.75, 3.05) is 11.9 Å². The van der Waals surface area contributed by atoms with E-state index >= 15 is 0 Å². The molecule has 0 unspecified atom stereocenters. The van der Waals surface area contributed by atoms with Crippen LogP contribution in [0.1, 0.15) is 18.9 Å². The lowest BCUT2D eigenvalue weighted by atomic mass is 9.81. The van der Waals surface area contributed by atoms with Crippen LogP contribution < -0.4 is 4.90 Å². The number of thioether (sulfide) groups is 1. The number of hydrogen-bond donors (Lipinski definition) is 0. The van der Waals surface area contributed by atoms with Crippen molar-refractivity contribution in [1.29, 1.82) is 0 Å². The van der Waals surface area contributed by atoms with Crippen LogP contribution in [-0.2, 0) is 15.0 Å². The topological polar surface area (TPSA) is 37.4 Å². The van der Waals surface area contributed by atoms with Gasteiger partial charge in [0.1, 0.15) is 5.82 Å². The number of benzene rings is 2. The summed E-state index contributed by atoms with van der Waals surface area (Å²) in [5.74, 6) is -0.535. The first-order valence-corrected chi connectivity index (χ1v) is 8.08. The maximum absolute atomic E-state index is 13.7. The third kappa shape index (κ3) is 2.65. The van der Waals surface area contributed by atoms with E-state index in [0.717, 1.165) is 23.0 Å². The number of carbonyl (C=O) groups excluding carboxylic acids is 2. The smallest absolute Gasteiger partial charge is 0.237 e. The molecule has 0 N–H and O–H groups in total. The molecule has 0 saturated heterocycles. The molecule has 0 aliphatic carbocycles. The van der Waals surface area contributed by atoms with Crippen LogP contribution in [-0.4, -0.2) is 18.1 Å². The lowest BCUT2D eigenvalue weighted by Crippen LogP contribution is -2.37. The van der Waals surface area contributed by atoms with Crippen molar-refractivity contribution in [3.8, 4) is 0 Å². The molecular weight excluding hydrogens is 313 g/mol. The SMILES string of the molecule is CN1C(=O)[C@@](C)(CC(=O)Sc2ccccc2F)c2ccccc21. The van der Waals surface area contributed by atoms with Crippen LogP contribution in [0.3, 0.4) is 0 Å². The Kier molecular flexibility index (Phi) is 3.98. The van der Waals surface area contributed by atoms with E-state index in [4.69, 9.17) is 0 Å². The highest BCUT2D eigenvalue weighted by Crippen LogP contribution is 2.44. The van der Waals surface area contributed by atoms with Crippen LogP contribution in [0.25, 0.3) is 0 Å². The number of hydrogen-bond acceptors (Lipinski definition) is 3. The van der Waals surface area contributed by atoms with E-state index in [9.17, 15) is 14.0 Å². The second-order valence-electron chi connectivity index (χ2n) is 5.79. The summed E-state index contributed by atoms with van der Waals surface area (Å²) in [5, 5.41) is -0.226. The van der Waals surface area contributed by atoms with Gasteiger partial charge in [0.15, 0.2) is 5.12 Å². The van der Waals surface area contributed by atoms with Gasteiger partial charge in [-0.05, 0) is 42.4 Å². The first kappa shape index (κ1) is 15.7. The van der Waals surface area contributed by atoms with Gasteiger partial charge in [-0.1, -0.05) is 30.3 Å². The van der Waals surface area contributed by atoms with Crippen molar-refractivity contribution in [3.05, 3.63) is 59.9 Å². The molecule has 23 heavy (non-hydrogen) atoms. The second kappa shape index (κ2) is 5.81. The molecule has 0 saturated carbocycles. The number of halogens is 1. The van der Waals surface area contributed by atoms with Gasteiger partial charge < -0.3 is 4.90 Å². The van der Waals surface area contributed by atoms with E-state index in [1.165, 1.54) is 6.07 Å². The van der Waals surface area contributed by atoms with Crippen molar-refractivity contribution in [2.45, 2.75) is 23.7 Å². The molecule has 0 fully saturated rings. The Morgan fingerprint density at radius 1 is 1.17 bits per heavy atom. The van der Waals surface area contributed by atoms with E-state index < -0.39 is 11.2 Å². The summed E-state index contributed by atoms with van der Waals surface area (Å²) in [6.45, 7) is 1.78. The molecule has 1 amide bonds. The predicted octanol–water partition coefficient (Wildman–Crippen LogP) is 3.77. The largest absolute Gasteiger partial charge is 0.314 e. The lowest BCUT2D eigenvalue weighted by molar-refractivity contribution is -0.125. The molecule has 1 heterocycles. The number of likely N-dealkylation sites (N-methyl/N-ethyl adjacent to an activating group) is 1. The number of para-hydroxylation sites is 1. The summed E-state index contributed by atoms with van der Waals surface area (Å²) in [5.41, 5.74) is 0.763. The van der Waals surface area contributed by atoms with Crippen molar-refractivity contribution in [1.82, 2.24) is 0 Å². The fourth-order valence-corrected chi connectivity index (χ4v) is 3.89. The molecule has 5 heteroatoms. The van der Waals surface area contributed by atoms with Gasteiger partial charge in [0.05, 0.1) is 10.3 Å². The number of rotatable bonds is 3. The third-order valence-electron chi connectivity index (χ3n) is 4.19. The van der Waals surface area contributed by atoms with Gasteiger partial charge >= 0.3 is 0 Å². The molecule has 0 bridgehead atoms. The molecule has 118 valence electrons. The highest BCUT2D eigenvalue weighted by molar-refractivity contribution is 8.13. The highest BCUT2D eigenvalue weighted by atomic mass is 32.2. The summed E-state index contributed by atoms with van der Waals surface area (Å²) in [6, 6.07) is 13.6. The molecule has 0 radical (unpaired) electrons. The van der Waals surface area contributed by atoms with Gasteiger partial charge in [-0.3, -0.25) is 9.59 Å². The standard InChI is InChI=1S/C18H16FNO2S/c1-18(11-16(21)23-15-10-6-4-8-13(15)19)12-7-3-5-9-14(12)20(2)17(18)22/h3-10H,11H2,1-2H3/t18-/m0/s1. The summed E-state index contributed by atoms with van der Waals surface area (Å²) in [6.07, 6.45) is 0.0339. The van der Waals surface area contributed by atoms with Crippen LogP contribution in [0.5, 0.6) is 0 Å². The van der Waals surface area contributed by atoms with Crippen molar-refractivity contribution < 1.29 is 14.0 Å². The Morgan fingerprint density at radius 3 is 2.57 bits per heavy atom. The number of carbonyl (C=O) groups is 2. The molecule has 0 spiro atoms. The zero-order valence-electron chi connectivity index (χ0n) is 12.9. The molecule has 0 aromatic heterocycles. The minimum Gasteiger partial charge on any atom is -0.314 e. The number of amides is 1. The first-order chi connectivity index (χ1) is 10.9. The van der Waals surface area contributed by atoms with Gasteiger partial charge in [-0.2, -0.15) is 0 Å². The Morgan fingerprint density at radius 2 is 1.83 bits per heavy atom. The summed E-state index contributed by atoms with van der Waals surface area (Å²) in [7, 11) is 1.71. The van der Waals surface area contributed by atoms with Crippen molar-refractivity contribution in [2.24, 2.45) is 0 Å². The molecule has 3 nitrogen and oxygen atoms in total. The number of anilines is 1. The molecule has 1 aliphatic rings. The quantitative estimate of drug-likeness (QED) is 0.805. The van der Waals surface area contributed by atoms with Gasteiger partial charge in [0.25, 0.3) is 0 Å². The fourth-order valence-electron chi connectivity index (χ4n) is 2.97. The van der Waals surface area contributed by atoms with Crippen LogP contribution in [0, 0.1) is 5.82 Å². The normalized spacial score (nSPS) is 19.8. The van der Waals surface area contributed by atoms with E-state index in [0.29, 0.717) is 0 Å².